The molecule has 0 aromatic carbocycles. The van der Waals surface area contributed by atoms with Crippen LogP contribution in [0, 0.1) is 0 Å². The molecule has 0 amide bonds. The van der Waals surface area contributed by atoms with E-state index in [-0.39, 0.29) is 0 Å². The van der Waals surface area contributed by atoms with Crippen LogP contribution in [0.5, 0.6) is 0 Å². The maximum absolute atomic E-state index is 9.05. The van der Waals surface area contributed by atoms with Crippen molar-refractivity contribution in [3.8, 4) is 0 Å². The molecule has 0 aliphatic carbocycles. The lowest BCUT2D eigenvalue weighted by Crippen LogP contribution is -2.23. The first-order valence-corrected chi connectivity index (χ1v) is 3.26. The Morgan fingerprint density at radius 3 is 2.78 bits per heavy atom. The van der Waals surface area contributed by atoms with Crippen LogP contribution in [0.3, 0.4) is 0 Å². The lowest BCUT2D eigenvalue weighted by atomic mass is 10.5. The van der Waals surface area contributed by atoms with E-state index in [1.807, 2.05) is 0 Å². The van der Waals surface area contributed by atoms with E-state index in [1.165, 1.54) is 0 Å². The van der Waals surface area contributed by atoms with Gasteiger partial charge in [0.2, 0.25) is 5.12 Å². The Morgan fingerprint density at radius 1 is 1.89 bits per heavy atom. The van der Waals surface area contributed by atoms with Gasteiger partial charge in [-0.1, -0.05) is 13.0 Å². The van der Waals surface area contributed by atoms with Crippen molar-refractivity contribution >= 4 is 12.6 Å². The molecule has 54 valence electrons. The van der Waals surface area contributed by atoms with E-state index < -0.39 is 5.12 Å². The van der Waals surface area contributed by atoms with E-state index in [4.69, 9.17) is 9.84 Å². The molecule has 0 unspecified atom stereocenters. The van der Waals surface area contributed by atoms with E-state index in [2.05, 4.69) is 19.2 Å². The minimum atomic E-state index is -1.28. The third kappa shape index (κ3) is 4.51. The second-order valence-electron chi connectivity index (χ2n) is 1.70. The minimum Gasteiger partial charge on any atom is -0.357 e. The molecule has 0 saturated heterocycles. The van der Waals surface area contributed by atoms with Crippen molar-refractivity contribution in [2.75, 3.05) is 6.61 Å². The molecule has 0 aromatic heterocycles. The molecule has 0 heterocycles. The van der Waals surface area contributed by atoms with Gasteiger partial charge in [0.05, 0.1) is 6.61 Å². The average molecular weight is 148 g/mol. The summed E-state index contributed by atoms with van der Waals surface area (Å²) in [5, 5.41) is 7.76. The molecule has 3 heteroatoms. The summed E-state index contributed by atoms with van der Waals surface area (Å²) in [7, 11) is 0. The van der Waals surface area contributed by atoms with E-state index in [0.717, 1.165) is 0 Å². The summed E-state index contributed by atoms with van der Waals surface area (Å²) >= 11 is 3.81. The molecule has 0 bridgehead atoms. The zero-order chi connectivity index (χ0) is 7.33. The van der Waals surface area contributed by atoms with Gasteiger partial charge in [-0.15, -0.1) is 19.2 Å². The predicted molar refractivity (Wildman–Crippen MR) is 40.4 cm³/mol. The van der Waals surface area contributed by atoms with Crippen LogP contribution < -0.4 is 0 Å². The molecule has 0 radical (unpaired) electrons. The zero-order valence-electron chi connectivity index (χ0n) is 5.50. The van der Waals surface area contributed by atoms with Crippen molar-refractivity contribution in [1.82, 2.24) is 0 Å². The standard InChI is InChI=1S/C6H12O2S/c1-3-5-8-6(7,9)4-2/h3,7,9H,1,4-5H2,2H3/t6-/m1/s1. The number of ether oxygens (including phenoxy) is 1. The summed E-state index contributed by atoms with van der Waals surface area (Å²) in [6.45, 7) is 5.54. The summed E-state index contributed by atoms with van der Waals surface area (Å²) < 4.78 is 4.83. The van der Waals surface area contributed by atoms with Gasteiger partial charge in [0, 0.05) is 6.42 Å². The molecular weight excluding hydrogens is 136 g/mol. The second-order valence-corrected chi connectivity index (χ2v) is 2.40. The Kier molecular flexibility index (Phi) is 3.93. The van der Waals surface area contributed by atoms with Crippen molar-refractivity contribution < 1.29 is 9.84 Å². The highest BCUT2D eigenvalue weighted by molar-refractivity contribution is 7.81. The van der Waals surface area contributed by atoms with E-state index in [0.29, 0.717) is 13.0 Å². The smallest absolute Gasteiger partial charge is 0.212 e. The van der Waals surface area contributed by atoms with Crippen LogP contribution in [-0.2, 0) is 4.74 Å². The van der Waals surface area contributed by atoms with Crippen molar-refractivity contribution in [2.24, 2.45) is 0 Å². The first-order valence-electron chi connectivity index (χ1n) is 2.82. The van der Waals surface area contributed by atoms with Crippen molar-refractivity contribution in [2.45, 2.75) is 18.5 Å². The van der Waals surface area contributed by atoms with Gasteiger partial charge in [-0.05, 0) is 0 Å². The van der Waals surface area contributed by atoms with Gasteiger partial charge in [0.15, 0.2) is 0 Å². The largest absolute Gasteiger partial charge is 0.357 e. The Bertz CT molecular complexity index is 91.1. The Labute approximate surface area is 60.9 Å². The van der Waals surface area contributed by atoms with Crippen LogP contribution in [0.25, 0.3) is 0 Å². The molecule has 9 heavy (non-hydrogen) atoms. The SMILES string of the molecule is C=CCO[C@@](O)(S)CC. The molecule has 0 fully saturated rings. The quantitative estimate of drug-likeness (QED) is 0.356. The highest BCUT2D eigenvalue weighted by Crippen LogP contribution is 2.15. The van der Waals surface area contributed by atoms with Gasteiger partial charge in [0.1, 0.15) is 0 Å². The van der Waals surface area contributed by atoms with Gasteiger partial charge in [-0.25, -0.2) is 0 Å². The van der Waals surface area contributed by atoms with Crippen LogP contribution >= 0.6 is 12.6 Å². The second kappa shape index (κ2) is 3.93. The minimum absolute atomic E-state index is 0.327. The summed E-state index contributed by atoms with van der Waals surface area (Å²) in [6.07, 6.45) is 2.03. The third-order valence-electron chi connectivity index (χ3n) is 0.893. The number of thiol groups is 1. The summed E-state index contributed by atoms with van der Waals surface area (Å²) in [5.41, 5.74) is 0. The van der Waals surface area contributed by atoms with E-state index >= 15 is 0 Å². The van der Waals surface area contributed by atoms with E-state index in [1.54, 1.807) is 13.0 Å². The fourth-order valence-corrected chi connectivity index (χ4v) is 0.369. The summed E-state index contributed by atoms with van der Waals surface area (Å²) in [6, 6.07) is 0. The van der Waals surface area contributed by atoms with Crippen LogP contribution in [0.4, 0.5) is 0 Å². The maximum Gasteiger partial charge on any atom is 0.212 e. The molecule has 2 nitrogen and oxygen atoms in total. The molecule has 0 saturated carbocycles. The molecule has 0 rings (SSSR count). The maximum atomic E-state index is 9.05. The normalized spacial score (nSPS) is 16.8. The van der Waals surface area contributed by atoms with Crippen molar-refractivity contribution in [3.63, 3.8) is 0 Å². The van der Waals surface area contributed by atoms with E-state index in [9.17, 15) is 0 Å². The fourth-order valence-electron chi connectivity index (χ4n) is 0.294. The number of aliphatic hydroxyl groups is 1. The van der Waals surface area contributed by atoms with Gasteiger partial charge >= 0.3 is 0 Å². The molecule has 0 aromatic rings. The molecule has 0 spiro atoms. The highest BCUT2D eigenvalue weighted by Gasteiger charge is 2.17. The third-order valence-corrected chi connectivity index (χ3v) is 1.34. The van der Waals surface area contributed by atoms with Crippen LogP contribution in [0.2, 0.25) is 0 Å². The van der Waals surface area contributed by atoms with Gasteiger partial charge in [-0.3, -0.25) is 0 Å². The fraction of sp³-hybridized carbons (Fsp3) is 0.667. The predicted octanol–water partition coefficient (Wildman–Crippen LogP) is 1.17. The van der Waals surface area contributed by atoms with Crippen LogP contribution in [0.15, 0.2) is 12.7 Å². The topological polar surface area (TPSA) is 29.5 Å². The molecule has 1 atom stereocenters. The van der Waals surface area contributed by atoms with Gasteiger partial charge in [0.25, 0.3) is 0 Å². The Balaban J connectivity index is 3.44. The molecular formula is C6H12O2S. The molecule has 1 N–H and O–H groups in total. The molecule has 0 aliphatic rings. The lowest BCUT2D eigenvalue weighted by molar-refractivity contribution is -0.120. The number of hydrogen-bond acceptors (Lipinski definition) is 3. The first-order chi connectivity index (χ1) is 4.12. The summed E-state index contributed by atoms with van der Waals surface area (Å²) in [4.78, 5) is 0. The van der Waals surface area contributed by atoms with Crippen molar-refractivity contribution in [3.05, 3.63) is 12.7 Å². The number of rotatable bonds is 4. The van der Waals surface area contributed by atoms with Crippen LogP contribution in [0.1, 0.15) is 13.3 Å². The van der Waals surface area contributed by atoms with Gasteiger partial charge in [-0.2, -0.15) is 0 Å². The molecule has 0 aliphatic heterocycles. The lowest BCUT2D eigenvalue weighted by Gasteiger charge is -2.18. The van der Waals surface area contributed by atoms with Gasteiger partial charge < -0.3 is 9.84 Å². The zero-order valence-corrected chi connectivity index (χ0v) is 6.40. The van der Waals surface area contributed by atoms with Crippen molar-refractivity contribution in [1.29, 1.82) is 0 Å². The highest BCUT2D eigenvalue weighted by atomic mass is 32.1. The van der Waals surface area contributed by atoms with Crippen LogP contribution in [-0.4, -0.2) is 16.8 Å². The monoisotopic (exact) mass is 148 g/mol. The first kappa shape index (κ1) is 9.01. The average Bonchev–Trinajstić information content (AvgIpc) is 1.84. The summed E-state index contributed by atoms with van der Waals surface area (Å²) in [5.74, 6) is 0. The Morgan fingerprint density at radius 2 is 2.44 bits per heavy atom. The Hall–Kier alpha value is 0.0100. The number of hydrogen-bond donors (Lipinski definition) is 2.